The molecule has 172 valence electrons. The van der Waals surface area contributed by atoms with E-state index in [-0.39, 0.29) is 5.91 Å². The number of halogens is 1. The fourth-order valence-electron chi connectivity index (χ4n) is 3.42. The second-order valence-electron chi connectivity index (χ2n) is 7.69. The van der Waals surface area contributed by atoms with E-state index in [1.54, 1.807) is 30.5 Å². The lowest BCUT2D eigenvalue weighted by molar-refractivity contribution is 0.0955. The highest BCUT2D eigenvalue weighted by Crippen LogP contribution is 2.27. The van der Waals surface area contributed by atoms with Gasteiger partial charge in [0, 0.05) is 15.6 Å². The summed E-state index contributed by atoms with van der Waals surface area (Å²) in [7, 11) is 0. The third-order valence-corrected chi connectivity index (χ3v) is 5.72. The van der Waals surface area contributed by atoms with E-state index in [0.717, 1.165) is 38.5 Å². The van der Waals surface area contributed by atoms with Crippen molar-refractivity contribution < 1.29 is 14.3 Å². The molecule has 1 amide bonds. The molecule has 0 unspecified atom stereocenters. The van der Waals surface area contributed by atoms with Crippen molar-refractivity contribution in [2.45, 2.75) is 20.0 Å². The second kappa shape index (κ2) is 11.5. The van der Waals surface area contributed by atoms with E-state index in [0.29, 0.717) is 24.5 Å². The Morgan fingerprint density at radius 3 is 2.47 bits per heavy atom. The monoisotopic (exact) mass is 516 g/mol. The summed E-state index contributed by atoms with van der Waals surface area (Å²) in [5.74, 6) is 1.14. The third-order valence-electron chi connectivity index (χ3n) is 5.19. The summed E-state index contributed by atoms with van der Waals surface area (Å²) in [6, 6.07) is 27.0. The van der Waals surface area contributed by atoms with Crippen molar-refractivity contribution in [2.24, 2.45) is 5.10 Å². The molecule has 1 N–H and O–H groups in total. The zero-order valence-electron chi connectivity index (χ0n) is 18.8. The molecule has 0 bridgehead atoms. The van der Waals surface area contributed by atoms with E-state index in [9.17, 15) is 4.79 Å². The summed E-state index contributed by atoms with van der Waals surface area (Å²) in [5.41, 5.74) is 4.98. The first-order valence-corrected chi connectivity index (χ1v) is 11.9. The van der Waals surface area contributed by atoms with Crippen LogP contribution >= 0.6 is 15.9 Å². The van der Waals surface area contributed by atoms with Crippen molar-refractivity contribution in [3.63, 3.8) is 0 Å². The van der Waals surface area contributed by atoms with Crippen LogP contribution in [0, 0.1) is 0 Å². The number of nitrogens with zero attached hydrogens (tertiary/aromatic N) is 1. The van der Waals surface area contributed by atoms with E-state index in [2.05, 4.69) is 26.5 Å². The standard InChI is InChI=1S/C28H25BrN2O3/c1-2-17-33-24-14-9-22(10-15-24)28(32)31-30-18-26-25-6-4-3-5-21(25)11-16-27(26)34-19-20-7-12-23(29)13-8-20/h3-16,18H,2,17,19H2,1H3,(H,31,32)/b30-18+. The zero-order valence-corrected chi connectivity index (χ0v) is 20.4. The fourth-order valence-corrected chi connectivity index (χ4v) is 3.68. The van der Waals surface area contributed by atoms with E-state index < -0.39 is 0 Å². The first-order valence-electron chi connectivity index (χ1n) is 11.1. The van der Waals surface area contributed by atoms with Gasteiger partial charge in [0.2, 0.25) is 0 Å². The lowest BCUT2D eigenvalue weighted by atomic mass is 10.0. The first-order chi connectivity index (χ1) is 16.6. The number of hydrogen-bond donors (Lipinski definition) is 1. The molecule has 0 atom stereocenters. The Kier molecular flexibility index (Phi) is 7.94. The molecule has 0 spiro atoms. The number of carbonyl (C=O) groups excluding carboxylic acids is 1. The van der Waals surface area contributed by atoms with Gasteiger partial charge in [0.25, 0.3) is 5.91 Å². The Bertz CT molecular complexity index is 1290. The van der Waals surface area contributed by atoms with Crippen molar-refractivity contribution in [3.8, 4) is 11.5 Å². The van der Waals surface area contributed by atoms with Crippen molar-refractivity contribution in [1.82, 2.24) is 5.43 Å². The topological polar surface area (TPSA) is 59.9 Å². The maximum atomic E-state index is 12.5. The first kappa shape index (κ1) is 23.5. The lowest BCUT2D eigenvalue weighted by Gasteiger charge is -2.12. The molecule has 5 nitrogen and oxygen atoms in total. The molecule has 0 aromatic heterocycles. The highest BCUT2D eigenvalue weighted by atomic mass is 79.9. The summed E-state index contributed by atoms with van der Waals surface area (Å²) >= 11 is 3.45. The Hall–Kier alpha value is -3.64. The molecule has 34 heavy (non-hydrogen) atoms. The van der Waals surface area contributed by atoms with Gasteiger partial charge in [-0.25, -0.2) is 5.43 Å². The number of ether oxygens (including phenoxy) is 2. The smallest absolute Gasteiger partial charge is 0.271 e. The Labute approximate surface area is 207 Å². The molecule has 0 heterocycles. The second-order valence-corrected chi connectivity index (χ2v) is 8.60. The molecule has 0 saturated carbocycles. The van der Waals surface area contributed by atoms with E-state index in [1.807, 2.05) is 67.6 Å². The molecule has 0 aliphatic heterocycles. The van der Waals surface area contributed by atoms with Crippen molar-refractivity contribution in [2.75, 3.05) is 6.61 Å². The van der Waals surface area contributed by atoms with Crippen molar-refractivity contribution in [1.29, 1.82) is 0 Å². The quantitative estimate of drug-likeness (QED) is 0.198. The van der Waals surface area contributed by atoms with Crippen LogP contribution in [0.15, 0.2) is 94.5 Å². The van der Waals surface area contributed by atoms with Gasteiger partial charge in [-0.15, -0.1) is 0 Å². The van der Waals surface area contributed by atoms with E-state index in [1.165, 1.54) is 0 Å². The van der Waals surface area contributed by atoms with Gasteiger partial charge in [-0.1, -0.05) is 65.3 Å². The molecule has 4 rings (SSSR count). The van der Waals surface area contributed by atoms with Gasteiger partial charge in [0.15, 0.2) is 0 Å². The summed E-state index contributed by atoms with van der Waals surface area (Å²) in [6.07, 6.45) is 2.57. The Balaban J connectivity index is 1.50. The summed E-state index contributed by atoms with van der Waals surface area (Å²) in [4.78, 5) is 12.5. The molecular formula is C28H25BrN2O3. The minimum atomic E-state index is -0.296. The van der Waals surface area contributed by atoms with Gasteiger partial charge in [-0.3, -0.25) is 4.79 Å². The molecule has 4 aromatic carbocycles. The number of fused-ring (bicyclic) bond motifs is 1. The van der Waals surface area contributed by atoms with Gasteiger partial charge in [-0.05, 0) is 65.2 Å². The minimum absolute atomic E-state index is 0.296. The average Bonchev–Trinajstić information content (AvgIpc) is 2.88. The van der Waals surface area contributed by atoms with Gasteiger partial charge >= 0.3 is 0 Å². The van der Waals surface area contributed by atoms with Crippen LogP contribution in [0.1, 0.15) is 34.8 Å². The molecular weight excluding hydrogens is 492 g/mol. The van der Waals surface area contributed by atoms with Gasteiger partial charge < -0.3 is 9.47 Å². The molecule has 0 fully saturated rings. The number of hydrazone groups is 1. The number of hydrogen-bond acceptors (Lipinski definition) is 4. The van der Waals surface area contributed by atoms with Crippen LogP contribution < -0.4 is 14.9 Å². The normalized spacial score (nSPS) is 11.0. The lowest BCUT2D eigenvalue weighted by Crippen LogP contribution is -2.17. The summed E-state index contributed by atoms with van der Waals surface area (Å²) < 4.78 is 12.7. The molecule has 0 radical (unpaired) electrons. The number of carbonyl (C=O) groups is 1. The number of amides is 1. The van der Waals surface area contributed by atoms with Crippen LogP contribution in [0.4, 0.5) is 0 Å². The highest BCUT2D eigenvalue weighted by molar-refractivity contribution is 9.10. The predicted molar refractivity (Wildman–Crippen MR) is 140 cm³/mol. The fraction of sp³-hybridized carbons (Fsp3) is 0.143. The molecule has 0 saturated heterocycles. The maximum Gasteiger partial charge on any atom is 0.271 e. The largest absolute Gasteiger partial charge is 0.494 e. The molecule has 0 aliphatic rings. The van der Waals surface area contributed by atoms with Crippen LogP contribution in [0.25, 0.3) is 10.8 Å². The van der Waals surface area contributed by atoms with Gasteiger partial charge in [0.1, 0.15) is 18.1 Å². The van der Waals surface area contributed by atoms with Crippen LogP contribution in [0.5, 0.6) is 11.5 Å². The van der Waals surface area contributed by atoms with Crippen LogP contribution in [-0.4, -0.2) is 18.7 Å². The molecule has 6 heteroatoms. The van der Waals surface area contributed by atoms with Crippen molar-refractivity contribution >= 4 is 38.8 Å². The molecule has 4 aromatic rings. The summed E-state index contributed by atoms with van der Waals surface area (Å²) in [5, 5.41) is 6.28. The number of benzene rings is 4. The number of nitrogens with one attached hydrogen (secondary N) is 1. The van der Waals surface area contributed by atoms with Crippen LogP contribution in [-0.2, 0) is 6.61 Å². The summed E-state index contributed by atoms with van der Waals surface area (Å²) in [6.45, 7) is 3.12. The van der Waals surface area contributed by atoms with E-state index >= 15 is 0 Å². The Morgan fingerprint density at radius 2 is 1.71 bits per heavy atom. The van der Waals surface area contributed by atoms with Crippen LogP contribution in [0.2, 0.25) is 0 Å². The maximum absolute atomic E-state index is 12.5. The van der Waals surface area contributed by atoms with E-state index in [4.69, 9.17) is 9.47 Å². The van der Waals surface area contributed by atoms with Gasteiger partial charge in [0.05, 0.1) is 12.8 Å². The Morgan fingerprint density at radius 1 is 0.941 bits per heavy atom. The minimum Gasteiger partial charge on any atom is -0.494 e. The van der Waals surface area contributed by atoms with Gasteiger partial charge in [-0.2, -0.15) is 5.10 Å². The highest BCUT2D eigenvalue weighted by Gasteiger charge is 2.09. The third kappa shape index (κ3) is 6.02. The van der Waals surface area contributed by atoms with Crippen LogP contribution in [0.3, 0.4) is 0 Å². The average molecular weight is 517 g/mol. The van der Waals surface area contributed by atoms with Crippen molar-refractivity contribution in [3.05, 3.63) is 106 Å². The molecule has 0 aliphatic carbocycles. The SMILES string of the molecule is CCCOc1ccc(C(=O)N/N=C/c2c(OCc3ccc(Br)cc3)ccc3ccccc23)cc1. The zero-order chi connectivity index (χ0) is 23.8. The predicted octanol–water partition coefficient (Wildman–Crippen LogP) is 6.73. The number of rotatable bonds is 9.